The molecule has 6 nitrogen and oxygen atoms in total. The Balaban J connectivity index is 2.47. The normalized spacial score (nSPS) is 11.6. The van der Waals surface area contributed by atoms with Gasteiger partial charge in [-0.1, -0.05) is 6.92 Å². The zero-order valence-corrected chi connectivity index (χ0v) is 15.9. The van der Waals surface area contributed by atoms with Gasteiger partial charge in [0.15, 0.2) is 0 Å². The first-order valence-corrected chi connectivity index (χ1v) is 8.55. The van der Waals surface area contributed by atoms with Crippen LogP contribution in [0.5, 0.6) is 17.4 Å². The molecule has 0 aliphatic rings. The number of benzene rings is 1. The number of aliphatic hydroxyl groups excluding tert-OH is 1. The maximum atomic E-state index is 9.47. The van der Waals surface area contributed by atoms with Crippen LogP contribution in [0.4, 0.5) is 5.69 Å². The monoisotopic (exact) mass is 355 g/mol. The molecule has 138 valence electrons. The van der Waals surface area contributed by atoms with Gasteiger partial charge < -0.3 is 19.9 Å². The smallest absolute Gasteiger partial charge is 0.265 e. The third-order valence-electron chi connectivity index (χ3n) is 4.14. The Morgan fingerprint density at radius 2 is 1.85 bits per heavy atom. The van der Waals surface area contributed by atoms with Crippen molar-refractivity contribution in [3.05, 3.63) is 40.6 Å². The molecule has 2 aromatic rings. The number of hydrogen-bond acceptors (Lipinski definition) is 6. The zero-order valence-electron chi connectivity index (χ0n) is 15.9. The number of aliphatic hydroxyl groups is 1. The molecule has 6 heteroatoms. The van der Waals surface area contributed by atoms with E-state index in [1.54, 1.807) is 19.2 Å². The molecule has 26 heavy (non-hydrogen) atoms. The van der Waals surface area contributed by atoms with Crippen LogP contribution in [-0.2, 0) is 0 Å². The molecule has 0 bridgehead atoms. The Morgan fingerprint density at radius 3 is 2.35 bits per heavy atom. The van der Waals surface area contributed by atoms with Crippen LogP contribution in [0, 0.1) is 32.1 Å². The number of nitrogens with zero attached hydrogens (tertiary/aromatic N) is 2. The SMILES string of the molecule is CCC(CO)Nc1cc(C)nc(Oc2c(C)cc(C#N)cc2C)c1OC. The predicted molar refractivity (Wildman–Crippen MR) is 101 cm³/mol. The molecule has 0 saturated carbocycles. The number of rotatable bonds is 7. The van der Waals surface area contributed by atoms with Crippen LogP contribution >= 0.6 is 0 Å². The lowest BCUT2D eigenvalue weighted by molar-refractivity contribution is 0.271. The third kappa shape index (κ3) is 4.24. The van der Waals surface area contributed by atoms with Gasteiger partial charge in [-0.2, -0.15) is 5.26 Å². The average Bonchev–Trinajstić information content (AvgIpc) is 2.62. The lowest BCUT2D eigenvalue weighted by Crippen LogP contribution is -2.23. The van der Waals surface area contributed by atoms with Crippen molar-refractivity contribution in [1.29, 1.82) is 5.26 Å². The second-order valence-electron chi connectivity index (χ2n) is 6.23. The van der Waals surface area contributed by atoms with E-state index in [1.807, 2.05) is 33.8 Å². The number of aromatic nitrogens is 1. The fourth-order valence-electron chi connectivity index (χ4n) is 2.78. The number of ether oxygens (including phenoxy) is 2. The predicted octanol–water partition coefficient (Wildman–Crippen LogP) is 3.86. The van der Waals surface area contributed by atoms with Crippen LogP contribution < -0.4 is 14.8 Å². The number of anilines is 1. The molecule has 0 fully saturated rings. The van der Waals surface area contributed by atoms with Gasteiger partial charge >= 0.3 is 0 Å². The molecule has 1 aromatic carbocycles. The molecule has 1 heterocycles. The molecule has 0 radical (unpaired) electrons. The molecule has 1 unspecified atom stereocenters. The Bertz CT molecular complexity index is 801. The lowest BCUT2D eigenvalue weighted by atomic mass is 10.1. The van der Waals surface area contributed by atoms with Crippen LogP contribution in [0.1, 0.15) is 35.7 Å². The van der Waals surface area contributed by atoms with Gasteiger partial charge in [-0.05, 0) is 56.5 Å². The molecule has 0 aliphatic carbocycles. The van der Waals surface area contributed by atoms with Crippen molar-refractivity contribution < 1.29 is 14.6 Å². The summed E-state index contributed by atoms with van der Waals surface area (Å²) < 4.78 is 11.6. The van der Waals surface area contributed by atoms with Gasteiger partial charge in [-0.25, -0.2) is 4.98 Å². The summed E-state index contributed by atoms with van der Waals surface area (Å²) in [6.45, 7) is 7.67. The van der Waals surface area contributed by atoms with Crippen LogP contribution in [0.3, 0.4) is 0 Å². The van der Waals surface area contributed by atoms with E-state index in [1.165, 1.54) is 0 Å². The molecular formula is C20H25N3O3. The van der Waals surface area contributed by atoms with Crippen LogP contribution in [-0.4, -0.2) is 29.8 Å². The molecule has 0 amide bonds. The van der Waals surface area contributed by atoms with E-state index in [0.717, 1.165) is 28.9 Å². The topological polar surface area (TPSA) is 87.4 Å². The Kier molecular flexibility index (Phi) is 6.42. The van der Waals surface area contributed by atoms with E-state index in [9.17, 15) is 5.11 Å². The van der Waals surface area contributed by atoms with Crippen molar-refractivity contribution in [2.24, 2.45) is 0 Å². The van der Waals surface area contributed by atoms with Gasteiger partial charge in [0.05, 0.1) is 31.0 Å². The van der Waals surface area contributed by atoms with Crippen LogP contribution in [0.15, 0.2) is 18.2 Å². The minimum absolute atomic E-state index is 0.0189. The molecular weight excluding hydrogens is 330 g/mol. The summed E-state index contributed by atoms with van der Waals surface area (Å²) >= 11 is 0. The van der Waals surface area contributed by atoms with E-state index in [2.05, 4.69) is 16.4 Å². The van der Waals surface area contributed by atoms with E-state index in [-0.39, 0.29) is 12.6 Å². The van der Waals surface area contributed by atoms with Crippen molar-refractivity contribution in [2.75, 3.05) is 19.0 Å². The van der Waals surface area contributed by atoms with Crippen molar-refractivity contribution in [3.8, 4) is 23.4 Å². The fourth-order valence-corrected chi connectivity index (χ4v) is 2.78. The summed E-state index contributed by atoms with van der Waals surface area (Å²) in [5.41, 5.74) is 3.78. The van der Waals surface area contributed by atoms with Gasteiger partial charge in [-0.15, -0.1) is 0 Å². The highest BCUT2D eigenvalue weighted by molar-refractivity contribution is 5.63. The fraction of sp³-hybridized carbons (Fsp3) is 0.400. The minimum atomic E-state index is -0.0862. The largest absolute Gasteiger partial charge is 0.490 e. The summed E-state index contributed by atoms with van der Waals surface area (Å²) in [6.07, 6.45) is 0.769. The van der Waals surface area contributed by atoms with Crippen LogP contribution in [0.25, 0.3) is 0 Å². The number of nitriles is 1. The Morgan fingerprint density at radius 1 is 1.19 bits per heavy atom. The van der Waals surface area contributed by atoms with Gasteiger partial charge in [0.2, 0.25) is 5.75 Å². The van der Waals surface area contributed by atoms with Crippen molar-refractivity contribution in [3.63, 3.8) is 0 Å². The minimum Gasteiger partial charge on any atom is -0.490 e. The van der Waals surface area contributed by atoms with Crippen molar-refractivity contribution in [2.45, 2.75) is 40.2 Å². The van der Waals surface area contributed by atoms with Gasteiger partial charge in [0.1, 0.15) is 5.75 Å². The number of methoxy groups -OCH3 is 1. The number of nitrogens with one attached hydrogen (secondary N) is 1. The first-order chi connectivity index (χ1) is 12.4. The summed E-state index contributed by atoms with van der Waals surface area (Å²) in [7, 11) is 1.56. The first-order valence-electron chi connectivity index (χ1n) is 8.55. The maximum absolute atomic E-state index is 9.47. The molecule has 0 saturated heterocycles. The third-order valence-corrected chi connectivity index (χ3v) is 4.14. The van der Waals surface area contributed by atoms with E-state index >= 15 is 0 Å². The van der Waals surface area contributed by atoms with Gasteiger partial charge in [-0.3, -0.25) is 0 Å². The number of pyridine rings is 1. The summed E-state index contributed by atoms with van der Waals surface area (Å²) in [5, 5.41) is 21.8. The standard InChI is InChI=1S/C20H25N3O3/c1-6-16(11-24)23-17-9-14(4)22-20(19(17)25-5)26-18-12(2)7-15(10-21)8-13(18)3/h7-9,16,24H,6,11H2,1-5H3,(H,22,23). The van der Waals surface area contributed by atoms with E-state index in [0.29, 0.717) is 22.9 Å². The van der Waals surface area contributed by atoms with E-state index < -0.39 is 0 Å². The highest BCUT2D eigenvalue weighted by Crippen LogP contribution is 2.39. The van der Waals surface area contributed by atoms with E-state index in [4.69, 9.17) is 14.7 Å². The lowest BCUT2D eigenvalue weighted by Gasteiger charge is -2.20. The molecule has 0 spiro atoms. The quantitative estimate of drug-likeness (QED) is 0.784. The van der Waals surface area contributed by atoms with Gasteiger partial charge in [0, 0.05) is 11.7 Å². The first kappa shape index (κ1) is 19.5. The summed E-state index contributed by atoms with van der Waals surface area (Å²) in [6, 6.07) is 7.48. The summed E-state index contributed by atoms with van der Waals surface area (Å²) in [4.78, 5) is 4.47. The molecule has 1 aromatic heterocycles. The van der Waals surface area contributed by atoms with Crippen LogP contribution in [0.2, 0.25) is 0 Å². The number of aryl methyl sites for hydroxylation is 3. The van der Waals surface area contributed by atoms with Crippen molar-refractivity contribution >= 4 is 5.69 Å². The second-order valence-corrected chi connectivity index (χ2v) is 6.23. The zero-order chi connectivity index (χ0) is 19.3. The summed E-state index contributed by atoms with van der Waals surface area (Å²) in [5.74, 6) is 1.48. The highest BCUT2D eigenvalue weighted by atomic mass is 16.5. The molecule has 0 aliphatic heterocycles. The molecule has 2 N–H and O–H groups in total. The molecule has 1 atom stereocenters. The highest BCUT2D eigenvalue weighted by Gasteiger charge is 2.18. The Hall–Kier alpha value is -2.78. The second kappa shape index (κ2) is 8.54. The maximum Gasteiger partial charge on any atom is 0.265 e. The molecule has 2 rings (SSSR count). The number of hydrogen-bond donors (Lipinski definition) is 2. The van der Waals surface area contributed by atoms with Gasteiger partial charge in [0.25, 0.3) is 5.88 Å². The average molecular weight is 355 g/mol. The Labute approximate surface area is 154 Å². The van der Waals surface area contributed by atoms with Crippen molar-refractivity contribution in [1.82, 2.24) is 4.98 Å².